The third kappa shape index (κ3) is 5.48. The van der Waals surface area contributed by atoms with Crippen LogP contribution in [0.25, 0.3) is 32.9 Å². The lowest BCUT2D eigenvalue weighted by atomic mass is 9.86. The first-order valence-electron chi connectivity index (χ1n) is 16.6. The highest BCUT2D eigenvalue weighted by molar-refractivity contribution is 8.00. The van der Waals surface area contributed by atoms with E-state index in [0.29, 0.717) is 29.5 Å². The molecular weight excluding hydrogens is 605 g/mol. The molecule has 0 spiro atoms. The molecule has 4 nitrogen and oxygen atoms in total. The molecule has 1 aromatic heterocycles. The molecule has 236 valence electrons. The summed E-state index contributed by atoms with van der Waals surface area (Å²) < 4.78 is 2.40. The number of rotatable bonds is 5. The van der Waals surface area contributed by atoms with Crippen molar-refractivity contribution in [1.29, 1.82) is 0 Å². The van der Waals surface area contributed by atoms with Gasteiger partial charge in [-0.1, -0.05) is 154 Å². The fraction of sp³-hybridized carbons (Fsp3) is 0.163. The van der Waals surface area contributed by atoms with Gasteiger partial charge < -0.3 is 10.3 Å². The molecule has 0 amide bonds. The Morgan fingerprint density at radius 3 is 2.19 bits per heavy atom. The second-order valence-corrected chi connectivity index (χ2v) is 14.8. The standard InChI is InChI=1S/C43H38N4S/c1-43(2,3)32-22-23-33-35-24-25-36-34-16-10-11-17-38(34)48-40(36)39(35)47(37(33)26-32)27-45-42(31-14-8-5-9-15-31)46-41(44)30-20-18-29(19-21-30)28-12-6-4-7-13-28/h4-26,34,38H,27H2,1-3H3,(H2,44,45,46). The Balaban J connectivity index is 1.26. The van der Waals surface area contributed by atoms with E-state index in [1.54, 1.807) is 0 Å². The molecule has 5 aromatic carbocycles. The highest BCUT2D eigenvalue weighted by Crippen LogP contribution is 2.52. The van der Waals surface area contributed by atoms with Gasteiger partial charge in [0, 0.05) is 38.0 Å². The molecule has 5 heteroatoms. The van der Waals surface area contributed by atoms with Gasteiger partial charge in [-0.2, -0.15) is 0 Å². The molecule has 2 heterocycles. The Bertz CT molecular complexity index is 2270. The number of fused-ring (bicyclic) bond motifs is 7. The number of amidine groups is 2. The summed E-state index contributed by atoms with van der Waals surface area (Å²) in [6.45, 7) is 7.23. The number of thioether (sulfide) groups is 1. The predicted octanol–water partition coefficient (Wildman–Crippen LogP) is 10.3. The summed E-state index contributed by atoms with van der Waals surface area (Å²) in [6.07, 6.45) is 9.04. The van der Waals surface area contributed by atoms with Gasteiger partial charge in [0.05, 0.1) is 11.0 Å². The number of aliphatic imine (C=N–C) groups is 2. The van der Waals surface area contributed by atoms with Gasteiger partial charge in [-0.25, -0.2) is 9.98 Å². The zero-order chi connectivity index (χ0) is 32.8. The number of allylic oxidation sites excluding steroid dienone is 3. The molecule has 1 aliphatic heterocycles. The van der Waals surface area contributed by atoms with E-state index in [1.807, 2.05) is 48.2 Å². The lowest BCUT2D eigenvalue weighted by Crippen LogP contribution is -2.16. The molecule has 2 N–H and O–H groups in total. The summed E-state index contributed by atoms with van der Waals surface area (Å²) in [7, 11) is 0. The lowest BCUT2D eigenvalue weighted by Gasteiger charge is -2.19. The number of nitrogens with zero attached hydrogens (tertiary/aromatic N) is 3. The highest BCUT2D eigenvalue weighted by Gasteiger charge is 2.34. The molecule has 6 aromatic rings. The fourth-order valence-electron chi connectivity index (χ4n) is 6.85. The summed E-state index contributed by atoms with van der Waals surface area (Å²) in [5.41, 5.74) is 16.0. The van der Waals surface area contributed by atoms with Crippen LogP contribution in [0, 0.1) is 0 Å². The topological polar surface area (TPSA) is 55.7 Å². The monoisotopic (exact) mass is 642 g/mol. The molecule has 0 saturated heterocycles. The second kappa shape index (κ2) is 12.1. The minimum Gasteiger partial charge on any atom is -0.383 e. The van der Waals surface area contributed by atoms with Crippen LogP contribution in [0.15, 0.2) is 154 Å². The van der Waals surface area contributed by atoms with Crippen molar-refractivity contribution in [2.24, 2.45) is 15.7 Å². The molecule has 2 atom stereocenters. The van der Waals surface area contributed by atoms with Crippen molar-refractivity contribution in [2.75, 3.05) is 0 Å². The lowest BCUT2D eigenvalue weighted by molar-refractivity contribution is 0.590. The van der Waals surface area contributed by atoms with Crippen LogP contribution in [0.5, 0.6) is 0 Å². The first-order valence-corrected chi connectivity index (χ1v) is 17.4. The molecule has 1 aliphatic carbocycles. The first kappa shape index (κ1) is 30.2. The van der Waals surface area contributed by atoms with Crippen LogP contribution in [-0.4, -0.2) is 21.5 Å². The van der Waals surface area contributed by atoms with Crippen molar-refractivity contribution in [3.63, 3.8) is 0 Å². The summed E-state index contributed by atoms with van der Waals surface area (Å²) in [5, 5.41) is 2.93. The first-order chi connectivity index (χ1) is 23.3. The Morgan fingerprint density at radius 1 is 0.750 bits per heavy atom. The van der Waals surface area contributed by atoms with Crippen molar-refractivity contribution >= 4 is 45.2 Å². The Hall–Kier alpha value is -5.13. The van der Waals surface area contributed by atoms with Crippen molar-refractivity contribution in [3.05, 3.63) is 162 Å². The number of hydrogen-bond donors (Lipinski definition) is 1. The molecule has 0 saturated carbocycles. The highest BCUT2D eigenvalue weighted by atomic mass is 32.2. The summed E-state index contributed by atoms with van der Waals surface area (Å²) >= 11 is 1.97. The number of hydrogen-bond acceptors (Lipinski definition) is 2. The van der Waals surface area contributed by atoms with E-state index in [2.05, 4.69) is 129 Å². The maximum Gasteiger partial charge on any atom is 0.158 e. The fourth-order valence-corrected chi connectivity index (χ4v) is 8.35. The van der Waals surface area contributed by atoms with E-state index < -0.39 is 0 Å². The summed E-state index contributed by atoms with van der Waals surface area (Å²) in [5.74, 6) is 1.44. The maximum absolute atomic E-state index is 6.71. The van der Waals surface area contributed by atoms with Crippen molar-refractivity contribution in [2.45, 2.75) is 48.9 Å². The van der Waals surface area contributed by atoms with Crippen LogP contribution in [-0.2, 0) is 12.1 Å². The van der Waals surface area contributed by atoms with Crippen LogP contribution >= 0.6 is 11.8 Å². The SMILES string of the molecule is CC(C)(C)c1ccc2c3ccc4c(c3n(CN=C(N=C(N)c3ccc(-c5ccccc5)cc3)c3ccccc3)c2c1)SC1C=CC=CC41. The molecule has 0 bridgehead atoms. The molecule has 2 unspecified atom stereocenters. The zero-order valence-corrected chi connectivity index (χ0v) is 28.3. The van der Waals surface area contributed by atoms with Crippen LogP contribution in [0.2, 0.25) is 0 Å². The molecule has 0 radical (unpaired) electrons. The minimum atomic E-state index is 0.0178. The largest absolute Gasteiger partial charge is 0.383 e. The van der Waals surface area contributed by atoms with Gasteiger partial charge in [-0.05, 0) is 33.7 Å². The van der Waals surface area contributed by atoms with E-state index in [0.717, 1.165) is 16.7 Å². The zero-order valence-electron chi connectivity index (χ0n) is 27.5. The molecular formula is C43H38N4S. The summed E-state index contributed by atoms with van der Waals surface area (Å²) in [4.78, 5) is 11.6. The Labute approximate surface area is 286 Å². The van der Waals surface area contributed by atoms with Gasteiger partial charge in [0.2, 0.25) is 0 Å². The normalized spacial score (nSPS) is 17.6. The Morgan fingerprint density at radius 2 is 1.44 bits per heavy atom. The van der Waals surface area contributed by atoms with Crippen molar-refractivity contribution < 1.29 is 0 Å². The van der Waals surface area contributed by atoms with E-state index >= 15 is 0 Å². The second-order valence-electron chi connectivity index (χ2n) is 13.6. The van der Waals surface area contributed by atoms with Crippen LogP contribution in [0.1, 0.15) is 48.9 Å². The average molecular weight is 643 g/mol. The third-order valence-corrected chi connectivity index (χ3v) is 10.9. The van der Waals surface area contributed by atoms with Gasteiger partial charge in [-0.3, -0.25) is 0 Å². The van der Waals surface area contributed by atoms with Gasteiger partial charge >= 0.3 is 0 Å². The molecule has 0 fully saturated rings. The molecule has 8 rings (SSSR count). The molecule has 48 heavy (non-hydrogen) atoms. The third-order valence-electron chi connectivity index (χ3n) is 9.48. The van der Waals surface area contributed by atoms with E-state index in [9.17, 15) is 0 Å². The maximum atomic E-state index is 6.71. The van der Waals surface area contributed by atoms with Crippen LogP contribution < -0.4 is 5.73 Å². The quantitative estimate of drug-likeness (QED) is 0.150. The van der Waals surface area contributed by atoms with Crippen molar-refractivity contribution in [3.8, 4) is 11.1 Å². The molecule has 2 aliphatic rings. The minimum absolute atomic E-state index is 0.0178. The van der Waals surface area contributed by atoms with Gasteiger partial charge in [-0.15, -0.1) is 11.8 Å². The van der Waals surface area contributed by atoms with E-state index in [-0.39, 0.29) is 5.41 Å². The van der Waals surface area contributed by atoms with E-state index in [1.165, 1.54) is 43.4 Å². The Kier molecular flexibility index (Phi) is 7.65. The predicted molar refractivity (Wildman–Crippen MR) is 204 cm³/mol. The number of nitrogens with two attached hydrogens (primary N) is 1. The van der Waals surface area contributed by atoms with Gasteiger partial charge in [0.25, 0.3) is 0 Å². The summed E-state index contributed by atoms with van der Waals surface area (Å²) in [6, 6.07) is 40.4. The van der Waals surface area contributed by atoms with Crippen LogP contribution in [0.4, 0.5) is 0 Å². The van der Waals surface area contributed by atoms with Crippen molar-refractivity contribution in [1.82, 2.24) is 4.57 Å². The number of aromatic nitrogens is 1. The smallest absolute Gasteiger partial charge is 0.158 e. The van der Waals surface area contributed by atoms with Crippen LogP contribution in [0.3, 0.4) is 0 Å². The number of benzene rings is 5. The van der Waals surface area contributed by atoms with E-state index in [4.69, 9.17) is 15.7 Å². The van der Waals surface area contributed by atoms with Gasteiger partial charge in [0.1, 0.15) is 12.5 Å². The average Bonchev–Trinajstić information content (AvgIpc) is 3.65. The van der Waals surface area contributed by atoms with Gasteiger partial charge in [0.15, 0.2) is 5.84 Å².